The van der Waals surface area contributed by atoms with Crippen LogP contribution in [0.4, 0.5) is 5.69 Å². The Morgan fingerprint density at radius 3 is 2.65 bits per heavy atom. The van der Waals surface area contributed by atoms with Gasteiger partial charge in [0.05, 0.1) is 0 Å². The second-order valence-electron chi connectivity index (χ2n) is 5.25. The van der Waals surface area contributed by atoms with E-state index in [0.717, 1.165) is 27.7 Å². The standard InChI is InChI=1S/C18H13N3OS/c19-18(23)20-14-7-8-16-15(10-14)21-17(22-16)13-6-5-11-3-1-2-4-12(11)9-13/h1-10H,(H3,19,20,23). The van der Waals surface area contributed by atoms with Crippen molar-refractivity contribution in [3.63, 3.8) is 0 Å². The van der Waals surface area contributed by atoms with E-state index < -0.39 is 0 Å². The number of thiocarbonyl (C=S) groups is 1. The van der Waals surface area contributed by atoms with Gasteiger partial charge in [0.1, 0.15) is 5.52 Å². The van der Waals surface area contributed by atoms with Crippen molar-refractivity contribution in [3.8, 4) is 11.5 Å². The fraction of sp³-hybridized carbons (Fsp3) is 0. The molecule has 0 aliphatic heterocycles. The Hall–Kier alpha value is -2.92. The number of anilines is 1. The molecule has 0 bridgehead atoms. The van der Waals surface area contributed by atoms with Gasteiger partial charge in [-0.1, -0.05) is 30.3 Å². The summed E-state index contributed by atoms with van der Waals surface area (Å²) < 4.78 is 5.86. The van der Waals surface area contributed by atoms with E-state index in [0.29, 0.717) is 5.89 Å². The minimum absolute atomic E-state index is 0.225. The molecule has 4 rings (SSSR count). The SMILES string of the molecule is NC(=S)Nc1ccc2oc(-c3ccc4ccccc4c3)nc2c1. The maximum Gasteiger partial charge on any atom is 0.227 e. The molecule has 3 aromatic carbocycles. The molecule has 0 fully saturated rings. The first-order valence-corrected chi connectivity index (χ1v) is 7.56. The highest BCUT2D eigenvalue weighted by molar-refractivity contribution is 7.80. The second-order valence-corrected chi connectivity index (χ2v) is 5.69. The van der Waals surface area contributed by atoms with Crippen LogP contribution in [0.2, 0.25) is 0 Å². The van der Waals surface area contributed by atoms with Gasteiger partial charge in [-0.2, -0.15) is 0 Å². The van der Waals surface area contributed by atoms with Crippen LogP contribution >= 0.6 is 12.2 Å². The number of hydrogen-bond donors (Lipinski definition) is 2. The normalized spacial score (nSPS) is 11.0. The van der Waals surface area contributed by atoms with E-state index in [2.05, 4.69) is 34.6 Å². The van der Waals surface area contributed by atoms with Crippen molar-refractivity contribution in [1.29, 1.82) is 0 Å². The topological polar surface area (TPSA) is 64.1 Å². The van der Waals surface area contributed by atoms with Crippen LogP contribution in [0.1, 0.15) is 0 Å². The molecule has 0 spiro atoms. The number of nitrogens with one attached hydrogen (secondary N) is 1. The maximum atomic E-state index is 5.86. The number of nitrogens with two attached hydrogens (primary N) is 1. The number of aromatic nitrogens is 1. The van der Waals surface area contributed by atoms with Gasteiger partial charge >= 0.3 is 0 Å². The zero-order valence-corrected chi connectivity index (χ0v) is 12.9. The molecule has 5 heteroatoms. The van der Waals surface area contributed by atoms with E-state index in [4.69, 9.17) is 22.4 Å². The molecule has 23 heavy (non-hydrogen) atoms. The zero-order chi connectivity index (χ0) is 15.8. The van der Waals surface area contributed by atoms with Crippen LogP contribution in [0.3, 0.4) is 0 Å². The van der Waals surface area contributed by atoms with Crippen LogP contribution in [0, 0.1) is 0 Å². The summed E-state index contributed by atoms with van der Waals surface area (Å²) in [6.07, 6.45) is 0. The van der Waals surface area contributed by atoms with Crippen molar-refractivity contribution >= 4 is 44.9 Å². The molecule has 1 heterocycles. The highest BCUT2D eigenvalue weighted by Crippen LogP contribution is 2.28. The van der Waals surface area contributed by atoms with Crippen molar-refractivity contribution in [2.75, 3.05) is 5.32 Å². The second kappa shape index (κ2) is 5.37. The Bertz CT molecular complexity index is 1040. The van der Waals surface area contributed by atoms with Gasteiger partial charge < -0.3 is 15.5 Å². The molecule has 3 N–H and O–H groups in total. The third-order valence-corrected chi connectivity index (χ3v) is 3.75. The molecule has 0 unspecified atom stereocenters. The minimum atomic E-state index is 0.225. The lowest BCUT2D eigenvalue weighted by Gasteiger charge is -2.01. The number of fused-ring (bicyclic) bond motifs is 2. The molecular formula is C18H13N3OS. The highest BCUT2D eigenvalue weighted by atomic mass is 32.1. The van der Waals surface area contributed by atoms with Gasteiger partial charge in [0.25, 0.3) is 0 Å². The van der Waals surface area contributed by atoms with Gasteiger partial charge in [-0.05, 0) is 53.3 Å². The molecule has 0 radical (unpaired) electrons. The molecule has 0 saturated carbocycles. The lowest BCUT2D eigenvalue weighted by Crippen LogP contribution is -2.18. The first-order chi connectivity index (χ1) is 11.2. The van der Waals surface area contributed by atoms with E-state index in [1.807, 2.05) is 36.4 Å². The van der Waals surface area contributed by atoms with Crippen LogP contribution in [-0.4, -0.2) is 10.1 Å². The Morgan fingerprint density at radius 2 is 1.83 bits per heavy atom. The Kier molecular flexibility index (Phi) is 3.20. The van der Waals surface area contributed by atoms with Gasteiger partial charge in [0.2, 0.25) is 5.89 Å². The van der Waals surface area contributed by atoms with Gasteiger partial charge in [-0.25, -0.2) is 4.98 Å². The fourth-order valence-electron chi connectivity index (χ4n) is 2.59. The number of oxazole rings is 1. The number of nitrogens with zero attached hydrogens (tertiary/aromatic N) is 1. The average Bonchev–Trinajstić information content (AvgIpc) is 2.97. The summed E-state index contributed by atoms with van der Waals surface area (Å²) in [7, 11) is 0. The van der Waals surface area contributed by atoms with E-state index in [1.165, 1.54) is 5.39 Å². The van der Waals surface area contributed by atoms with Crippen LogP contribution in [0.25, 0.3) is 33.3 Å². The molecule has 0 saturated heterocycles. The number of hydrogen-bond acceptors (Lipinski definition) is 3. The summed E-state index contributed by atoms with van der Waals surface area (Å²) in [5.41, 5.74) is 8.72. The van der Waals surface area contributed by atoms with Crippen molar-refractivity contribution < 1.29 is 4.42 Å². The summed E-state index contributed by atoms with van der Waals surface area (Å²) in [5.74, 6) is 0.596. The first-order valence-electron chi connectivity index (χ1n) is 7.15. The predicted molar refractivity (Wildman–Crippen MR) is 97.4 cm³/mol. The Balaban J connectivity index is 1.79. The lowest BCUT2D eigenvalue weighted by molar-refractivity contribution is 0.620. The highest BCUT2D eigenvalue weighted by Gasteiger charge is 2.09. The van der Waals surface area contributed by atoms with Crippen LogP contribution in [0.5, 0.6) is 0 Å². The summed E-state index contributed by atoms with van der Waals surface area (Å²) >= 11 is 4.85. The van der Waals surface area contributed by atoms with Gasteiger partial charge in [-0.3, -0.25) is 0 Å². The third-order valence-electron chi connectivity index (χ3n) is 3.65. The molecule has 0 amide bonds. The number of rotatable bonds is 2. The van der Waals surface area contributed by atoms with Crippen LogP contribution < -0.4 is 11.1 Å². The summed E-state index contributed by atoms with van der Waals surface area (Å²) in [6.45, 7) is 0. The minimum Gasteiger partial charge on any atom is -0.436 e. The Morgan fingerprint density at radius 1 is 1.00 bits per heavy atom. The maximum absolute atomic E-state index is 5.86. The van der Waals surface area contributed by atoms with E-state index >= 15 is 0 Å². The molecule has 4 nitrogen and oxygen atoms in total. The monoisotopic (exact) mass is 319 g/mol. The Labute approximate surface area is 137 Å². The fourth-order valence-corrected chi connectivity index (χ4v) is 2.71. The quantitative estimate of drug-likeness (QED) is 0.539. The smallest absolute Gasteiger partial charge is 0.227 e. The van der Waals surface area contributed by atoms with Gasteiger partial charge in [0, 0.05) is 11.3 Å². The third kappa shape index (κ3) is 2.62. The summed E-state index contributed by atoms with van der Waals surface area (Å²) in [5, 5.41) is 5.47. The average molecular weight is 319 g/mol. The summed E-state index contributed by atoms with van der Waals surface area (Å²) in [4.78, 5) is 4.57. The predicted octanol–water partition coefficient (Wildman–Crippen LogP) is 4.30. The lowest BCUT2D eigenvalue weighted by atomic mass is 10.1. The van der Waals surface area contributed by atoms with Gasteiger partial charge in [0.15, 0.2) is 10.7 Å². The molecule has 0 aliphatic rings. The zero-order valence-electron chi connectivity index (χ0n) is 12.1. The van der Waals surface area contributed by atoms with E-state index in [-0.39, 0.29) is 5.11 Å². The van der Waals surface area contributed by atoms with Crippen molar-refractivity contribution in [2.24, 2.45) is 5.73 Å². The first kappa shape index (κ1) is 13.7. The van der Waals surface area contributed by atoms with Crippen molar-refractivity contribution in [1.82, 2.24) is 4.98 Å². The van der Waals surface area contributed by atoms with Crippen LogP contribution in [0.15, 0.2) is 65.1 Å². The van der Waals surface area contributed by atoms with E-state index in [9.17, 15) is 0 Å². The van der Waals surface area contributed by atoms with Gasteiger partial charge in [-0.15, -0.1) is 0 Å². The molecule has 0 atom stereocenters. The van der Waals surface area contributed by atoms with Crippen molar-refractivity contribution in [3.05, 3.63) is 60.7 Å². The summed E-state index contributed by atoms with van der Waals surface area (Å²) in [6, 6.07) is 19.9. The molecule has 112 valence electrons. The molecule has 4 aromatic rings. The number of benzene rings is 3. The van der Waals surface area contributed by atoms with Crippen LogP contribution in [-0.2, 0) is 0 Å². The van der Waals surface area contributed by atoms with Crippen molar-refractivity contribution in [2.45, 2.75) is 0 Å². The largest absolute Gasteiger partial charge is 0.436 e. The van der Waals surface area contributed by atoms with E-state index in [1.54, 1.807) is 0 Å². The molecular weight excluding hydrogens is 306 g/mol. The molecule has 1 aromatic heterocycles. The molecule has 0 aliphatic carbocycles.